The molecule has 23 heavy (non-hydrogen) atoms. The molecule has 0 saturated carbocycles. The molecule has 5 heteroatoms. The molecule has 2 saturated heterocycles. The predicted molar refractivity (Wildman–Crippen MR) is 88.9 cm³/mol. The van der Waals surface area contributed by atoms with Crippen molar-refractivity contribution < 1.29 is 9.90 Å². The Balaban J connectivity index is 1.52. The Bertz CT molecular complexity index is 500. The molecule has 126 valence electrons. The van der Waals surface area contributed by atoms with E-state index in [2.05, 4.69) is 9.88 Å². The number of carbonyl (C=O) groups excluding carboxylic acids is 1. The van der Waals surface area contributed by atoms with E-state index in [1.165, 1.54) is 31.2 Å². The van der Waals surface area contributed by atoms with Crippen LogP contribution in [0.4, 0.5) is 0 Å². The largest absolute Gasteiger partial charge is 0.391 e. The highest BCUT2D eigenvalue weighted by Crippen LogP contribution is 2.22. The molecular formula is C18H27N3O2. The molecule has 3 heterocycles. The van der Waals surface area contributed by atoms with Gasteiger partial charge in [0.25, 0.3) is 0 Å². The summed E-state index contributed by atoms with van der Waals surface area (Å²) in [5.41, 5.74) is 1.17. The molecule has 0 aliphatic carbocycles. The summed E-state index contributed by atoms with van der Waals surface area (Å²) in [7, 11) is 0. The van der Waals surface area contributed by atoms with E-state index >= 15 is 0 Å². The van der Waals surface area contributed by atoms with E-state index in [1.54, 1.807) is 12.4 Å². The minimum atomic E-state index is -0.420. The molecule has 0 spiro atoms. The van der Waals surface area contributed by atoms with E-state index in [0.717, 1.165) is 19.5 Å². The van der Waals surface area contributed by atoms with Crippen molar-refractivity contribution in [2.75, 3.05) is 32.7 Å². The van der Waals surface area contributed by atoms with Crippen molar-refractivity contribution in [3.05, 3.63) is 30.1 Å². The van der Waals surface area contributed by atoms with Crippen LogP contribution in [0.1, 0.15) is 31.2 Å². The van der Waals surface area contributed by atoms with Gasteiger partial charge in [0.1, 0.15) is 0 Å². The first-order valence-electron chi connectivity index (χ1n) is 8.79. The second-order valence-electron chi connectivity index (χ2n) is 6.88. The number of nitrogens with zero attached hydrogens (tertiary/aromatic N) is 3. The molecule has 1 aromatic heterocycles. The van der Waals surface area contributed by atoms with Crippen molar-refractivity contribution in [3.8, 4) is 0 Å². The molecule has 2 atom stereocenters. The highest BCUT2D eigenvalue weighted by molar-refractivity contribution is 5.78. The fraction of sp³-hybridized carbons (Fsp3) is 0.667. The maximum Gasteiger partial charge on any atom is 0.236 e. The van der Waals surface area contributed by atoms with Crippen molar-refractivity contribution in [3.63, 3.8) is 0 Å². The third-order valence-electron chi connectivity index (χ3n) is 5.06. The second kappa shape index (κ2) is 7.88. The predicted octanol–water partition coefficient (Wildman–Crippen LogP) is 1.32. The maximum absolute atomic E-state index is 12.5. The topological polar surface area (TPSA) is 56.7 Å². The molecular weight excluding hydrogens is 290 g/mol. The van der Waals surface area contributed by atoms with Crippen LogP contribution in [-0.2, 0) is 11.2 Å². The van der Waals surface area contributed by atoms with Crippen LogP contribution < -0.4 is 0 Å². The van der Waals surface area contributed by atoms with Gasteiger partial charge in [0, 0.05) is 31.4 Å². The minimum Gasteiger partial charge on any atom is -0.391 e. The number of hydrogen-bond donors (Lipinski definition) is 1. The third-order valence-corrected chi connectivity index (χ3v) is 5.06. The van der Waals surface area contributed by atoms with Crippen molar-refractivity contribution in [2.45, 2.75) is 38.2 Å². The summed E-state index contributed by atoms with van der Waals surface area (Å²) in [5, 5.41) is 10.3. The summed E-state index contributed by atoms with van der Waals surface area (Å²) < 4.78 is 0. The van der Waals surface area contributed by atoms with E-state index in [1.807, 2.05) is 17.0 Å². The number of pyridine rings is 1. The average molecular weight is 317 g/mol. The molecule has 1 amide bonds. The molecule has 3 rings (SSSR count). The average Bonchev–Trinajstić information content (AvgIpc) is 2.75. The van der Waals surface area contributed by atoms with E-state index in [0.29, 0.717) is 19.6 Å². The number of hydrogen-bond acceptors (Lipinski definition) is 4. The van der Waals surface area contributed by atoms with Crippen LogP contribution in [0.5, 0.6) is 0 Å². The van der Waals surface area contributed by atoms with Crippen LogP contribution in [0, 0.1) is 5.92 Å². The molecule has 0 unspecified atom stereocenters. The third kappa shape index (κ3) is 4.52. The van der Waals surface area contributed by atoms with Crippen LogP contribution >= 0.6 is 0 Å². The van der Waals surface area contributed by atoms with Gasteiger partial charge in [-0.3, -0.25) is 14.7 Å². The Morgan fingerprint density at radius 1 is 1.13 bits per heavy atom. The lowest BCUT2D eigenvalue weighted by atomic mass is 9.97. The first kappa shape index (κ1) is 16.4. The van der Waals surface area contributed by atoms with Crippen molar-refractivity contribution in [2.24, 2.45) is 5.92 Å². The standard InChI is InChI=1S/C18H27N3O2/c22-17-13-21(12-16(17)11-15-5-7-19-8-6-15)18(23)14-20-9-3-1-2-4-10-20/h5-8,16-17,22H,1-4,9-14H2/t16-,17-/m1/s1. The van der Waals surface area contributed by atoms with Crippen LogP contribution in [0.2, 0.25) is 0 Å². The van der Waals surface area contributed by atoms with Gasteiger partial charge >= 0.3 is 0 Å². The number of aliphatic hydroxyl groups is 1. The summed E-state index contributed by atoms with van der Waals surface area (Å²) in [5.74, 6) is 0.300. The molecule has 2 aliphatic heterocycles. The lowest BCUT2D eigenvalue weighted by Gasteiger charge is -2.23. The summed E-state index contributed by atoms with van der Waals surface area (Å²) >= 11 is 0. The molecule has 0 bridgehead atoms. The van der Waals surface area contributed by atoms with Gasteiger partial charge < -0.3 is 10.0 Å². The Labute approximate surface area is 138 Å². The Morgan fingerprint density at radius 3 is 2.52 bits per heavy atom. The first-order valence-corrected chi connectivity index (χ1v) is 8.79. The summed E-state index contributed by atoms with van der Waals surface area (Å²) in [6, 6.07) is 3.96. The van der Waals surface area contributed by atoms with Crippen molar-refractivity contribution in [1.82, 2.24) is 14.8 Å². The molecule has 2 fully saturated rings. The molecule has 2 aliphatic rings. The van der Waals surface area contributed by atoms with Crippen LogP contribution in [0.25, 0.3) is 0 Å². The van der Waals surface area contributed by atoms with Gasteiger partial charge in [-0.2, -0.15) is 0 Å². The van der Waals surface area contributed by atoms with E-state index in [-0.39, 0.29) is 11.8 Å². The minimum absolute atomic E-state index is 0.130. The molecule has 1 N–H and O–H groups in total. The lowest BCUT2D eigenvalue weighted by Crippen LogP contribution is -2.40. The fourth-order valence-electron chi connectivity index (χ4n) is 3.67. The van der Waals surface area contributed by atoms with Gasteiger partial charge in [-0.05, 0) is 50.0 Å². The van der Waals surface area contributed by atoms with Crippen LogP contribution in [0.3, 0.4) is 0 Å². The van der Waals surface area contributed by atoms with Gasteiger partial charge in [0.2, 0.25) is 5.91 Å². The number of aromatic nitrogens is 1. The highest BCUT2D eigenvalue weighted by atomic mass is 16.3. The molecule has 1 aromatic rings. The maximum atomic E-state index is 12.5. The lowest BCUT2D eigenvalue weighted by molar-refractivity contribution is -0.131. The van der Waals surface area contributed by atoms with Gasteiger partial charge in [-0.1, -0.05) is 12.8 Å². The summed E-state index contributed by atoms with van der Waals surface area (Å²) in [6.45, 7) is 3.71. The zero-order valence-electron chi connectivity index (χ0n) is 13.7. The highest BCUT2D eigenvalue weighted by Gasteiger charge is 2.34. The molecule has 5 nitrogen and oxygen atoms in total. The van der Waals surface area contributed by atoms with Crippen molar-refractivity contribution >= 4 is 5.91 Å². The number of likely N-dealkylation sites (tertiary alicyclic amines) is 2. The Kier molecular flexibility index (Phi) is 5.62. The van der Waals surface area contributed by atoms with Gasteiger partial charge in [0.05, 0.1) is 12.6 Å². The second-order valence-corrected chi connectivity index (χ2v) is 6.88. The zero-order chi connectivity index (χ0) is 16.1. The Morgan fingerprint density at radius 2 is 1.83 bits per heavy atom. The number of carbonyl (C=O) groups is 1. The van der Waals surface area contributed by atoms with Gasteiger partial charge in [-0.25, -0.2) is 0 Å². The number of aliphatic hydroxyl groups excluding tert-OH is 1. The Hall–Kier alpha value is -1.46. The first-order chi connectivity index (χ1) is 11.2. The number of rotatable bonds is 4. The van der Waals surface area contributed by atoms with Gasteiger partial charge in [-0.15, -0.1) is 0 Å². The zero-order valence-corrected chi connectivity index (χ0v) is 13.7. The molecule has 0 radical (unpaired) electrons. The fourth-order valence-corrected chi connectivity index (χ4v) is 3.67. The quantitative estimate of drug-likeness (QED) is 0.910. The van der Waals surface area contributed by atoms with E-state index in [9.17, 15) is 9.90 Å². The van der Waals surface area contributed by atoms with E-state index in [4.69, 9.17) is 0 Å². The smallest absolute Gasteiger partial charge is 0.236 e. The van der Waals surface area contributed by atoms with Crippen LogP contribution in [0.15, 0.2) is 24.5 Å². The number of amides is 1. The number of β-amino-alcohol motifs (C(OH)–C–C–N with tert-alkyl or cyclic N) is 1. The van der Waals surface area contributed by atoms with E-state index < -0.39 is 6.10 Å². The van der Waals surface area contributed by atoms with Crippen LogP contribution in [-0.4, -0.2) is 64.6 Å². The monoisotopic (exact) mass is 317 g/mol. The summed E-state index contributed by atoms with van der Waals surface area (Å²) in [4.78, 5) is 20.7. The SMILES string of the molecule is O=C(CN1CCCCCC1)N1C[C@@H](Cc2ccncc2)[C@H](O)C1. The van der Waals surface area contributed by atoms with Gasteiger partial charge in [0.15, 0.2) is 0 Å². The van der Waals surface area contributed by atoms with Crippen molar-refractivity contribution in [1.29, 1.82) is 0 Å². The summed E-state index contributed by atoms with van der Waals surface area (Å²) in [6.07, 6.45) is 8.88. The molecule has 0 aromatic carbocycles. The normalized spacial score (nSPS) is 26.2.